The molecule has 0 unspecified atom stereocenters. The predicted molar refractivity (Wildman–Crippen MR) is 121 cm³/mol. The lowest BCUT2D eigenvalue weighted by atomic mass is 10.0. The number of carbonyl (C=O) groups is 2. The Morgan fingerprint density at radius 3 is 2.50 bits per heavy atom. The SMILES string of the molecule is COc1ccc(C(=O)Oc2ccc3ccccc3c2/C=N\NC(=O)c2cccnc2)cc1. The van der Waals surface area contributed by atoms with Crippen LogP contribution in [0.1, 0.15) is 26.3 Å². The van der Waals surface area contributed by atoms with E-state index in [1.54, 1.807) is 55.8 Å². The molecule has 0 aliphatic carbocycles. The monoisotopic (exact) mass is 425 g/mol. The van der Waals surface area contributed by atoms with Gasteiger partial charge < -0.3 is 9.47 Å². The third-order valence-corrected chi connectivity index (χ3v) is 4.74. The lowest BCUT2D eigenvalue weighted by molar-refractivity contribution is 0.0734. The van der Waals surface area contributed by atoms with Crippen LogP contribution in [0.25, 0.3) is 10.8 Å². The standard InChI is InChI=1S/C25H19N3O4/c1-31-20-11-8-18(9-12-20)25(30)32-23-13-10-17-5-2-3-7-21(17)22(23)16-27-28-24(29)19-6-4-14-26-15-19/h2-16H,1H3,(H,28,29)/b27-16-. The molecule has 1 heterocycles. The fourth-order valence-electron chi connectivity index (χ4n) is 3.10. The molecule has 0 aliphatic rings. The number of hydrogen-bond acceptors (Lipinski definition) is 6. The molecule has 1 amide bonds. The van der Waals surface area contributed by atoms with E-state index >= 15 is 0 Å². The van der Waals surface area contributed by atoms with Crippen LogP contribution in [0.4, 0.5) is 0 Å². The average molecular weight is 425 g/mol. The molecule has 0 radical (unpaired) electrons. The van der Waals surface area contributed by atoms with Gasteiger partial charge >= 0.3 is 5.97 Å². The summed E-state index contributed by atoms with van der Waals surface area (Å²) in [4.78, 5) is 28.8. The fourth-order valence-corrected chi connectivity index (χ4v) is 3.10. The van der Waals surface area contributed by atoms with Gasteiger partial charge in [-0.15, -0.1) is 0 Å². The highest BCUT2D eigenvalue weighted by molar-refractivity contribution is 6.04. The molecule has 7 heteroatoms. The first kappa shape index (κ1) is 20.7. The maximum absolute atomic E-state index is 12.7. The van der Waals surface area contributed by atoms with Crippen LogP contribution in [0.2, 0.25) is 0 Å². The topological polar surface area (TPSA) is 89.9 Å². The molecular formula is C25H19N3O4. The van der Waals surface area contributed by atoms with Crippen molar-refractivity contribution in [3.63, 3.8) is 0 Å². The van der Waals surface area contributed by atoms with E-state index in [0.29, 0.717) is 28.2 Å². The van der Waals surface area contributed by atoms with E-state index in [1.807, 2.05) is 30.3 Å². The summed E-state index contributed by atoms with van der Waals surface area (Å²) in [5.41, 5.74) is 3.80. The number of hydrogen-bond donors (Lipinski definition) is 1. The molecule has 0 saturated carbocycles. The minimum Gasteiger partial charge on any atom is -0.497 e. The Morgan fingerprint density at radius 2 is 1.75 bits per heavy atom. The van der Waals surface area contributed by atoms with Crippen LogP contribution in [-0.4, -0.2) is 30.2 Å². The second-order valence-corrected chi connectivity index (χ2v) is 6.76. The number of nitrogens with one attached hydrogen (secondary N) is 1. The number of methoxy groups -OCH3 is 1. The second-order valence-electron chi connectivity index (χ2n) is 6.76. The molecule has 0 atom stereocenters. The highest BCUT2D eigenvalue weighted by Gasteiger charge is 2.14. The summed E-state index contributed by atoms with van der Waals surface area (Å²) in [5.74, 6) is 0.0525. The number of amides is 1. The van der Waals surface area contributed by atoms with Crippen molar-refractivity contribution in [3.8, 4) is 11.5 Å². The Bertz CT molecular complexity index is 1290. The van der Waals surface area contributed by atoms with Gasteiger partial charge in [0.05, 0.1) is 24.5 Å². The van der Waals surface area contributed by atoms with Crippen molar-refractivity contribution in [1.82, 2.24) is 10.4 Å². The van der Waals surface area contributed by atoms with E-state index in [9.17, 15) is 9.59 Å². The maximum atomic E-state index is 12.7. The van der Waals surface area contributed by atoms with Crippen molar-refractivity contribution in [2.75, 3.05) is 7.11 Å². The Labute approximate surface area is 184 Å². The summed E-state index contributed by atoms with van der Waals surface area (Å²) < 4.78 is 10.8. The van der Waals surface area contributed by atoms with Gasteiger partial charge in [-0.3, -0.25) is 9.78 Å². The zero-order valence-electron chi connectivity index (χ0n) is 17.2. The molecule has 4 rings (SSSR count). The summed E-state index contributed by atoms with van der Waals surface area (Å²) in [6, 6.07) is 21.1. The van der Waals surface area contributed by atoms with Crippen molar-refractivity contribution in [3.05, 3.63) is 102 Å². The zero-order chi connectivity index (χ0) is 22.3. The number of ether oxygens (including phenoxy) is 2. The average Bonchev–Trinajstić information content (AvgIpc) is 2.85. The lowest BCUT2D eigenvalue weighted by Crippen LogP contribution is -2.18. The van der Waals surface area contributed by atoms with Crippen LogP contribution in [-0.2, 0) is 0 Å². The minimum absolute atomic E-state index is 0.323. The van der Waals surface area contributed by atoms with Gasteiger partial charge in [0.25, 0.3) is 5.91 Å². The van der Waals surface area contributed by atoms with E-state index < -0.39 is 11.9 Å². The molecule has 3 aromatic carbocycles. The van der Waals surface area contributed by atoms with Crippen LogP contribution < -0.4 is 14.9 Å². The van der Waals surface area contributed by atoms with E-state index in [0.717, 1.165) is 10.8 Å². The molecule has 4 aromatic rings. The molecule has 0 saturated heterocycles. The summed E-state index contributed by atoms with van der Waals surface area (Å²) in [6.45, 7) is 0. The number of benzene rings is 3. The van der Waals surface area contributed by atoms with Gasteiger partial charge in [-0.25, -0.2) is 10.2 Å². The zero-order valence-corrected chi connectivity index (χ0v) is 17.2. The van der Waals surface area contributed by atoms with Gasteiger partial charge in [0.15, 0.2) is 0 Å². The number of carbonyl (C=O) groups excluding carboxylic acids is 2. The van der Waals surface area contributed by atoms with Crippen molar-refractivity contribution in [1.29, 1.82) is 0 Å². The van der Waals surface area contributed by atoms with Crippen LogP contribution in [0, 0.1) is 0 Å². The molecule has 158 valence electrons. The number of rotatable bonds is 6. The first-order valence-electron chi connectivity index (χ1n) is 9.77. The summed E-state index contributed by atoms with van der Waals surface area (Å²) in [7, 11) is 1.56. The smallest absolute Gasteiger partial charge is 0.343 e. The molecule has 0 fully saturated rings. The molecule has 32 heavy (non-hydrogen) atoms. The van der Waals surface area contributed by atoms with Gasteiger partial charge in [-0.1, -0.05) is 30.3 Å². The van der Waals surface area contributed by atoms with Crippen molar-refractivity contribution >= 4 is 28.9 Å². The Morgan fingerprint density at radius 1 is 0.938 bits per heavy atom. The Balaban J connectivity index is 1.61. The van der Waals surface area contributed by atoms with Gasteiger partial charge in [0, 0.05) is 18.0 Å². The quantitative estimate of drug-likeness (QED) is 0.216. The van der Waals surface area contributed by atoms with E-state index in [2.05, 4.69) is 15.5 Å². The number of aromatic nitrogens is 1. The second kappa shape index (κ2) is 9.53. The molecule has 0 aliphatic heterocycles. The first-order chi connectivity index (χ1) is 15.7. The molecule has 0 bridgehead atoms. The van der Waals surface area contributed by atoms with Crippen LogP contribution in [0.5, 0.6) is 11.5 Å². The summed E-state index contributed by atoms with van der Waals surface area (Å²) in [5, 5.41) is 5.84. The molecule has 7 nitrogen and oxygen atoms in total. The van der Waals surface area contributed by atoms with E-state index in [1.165, 1.54) is 12.4 Å². The van der Waals surface area contributed by atoms with Gasteiger partial charge in [-0.05, 0) is 53.2 Å². The highest BCUT2D eigenvalue weighted by atomic mass is 16.5. The number of hydrazone groups is 1. The highest BCUT2D eigenvalue weighted by Crippen LogP contribution is 2.27. The van der Waals surface area contributed by atoms with Crippen molar-refractivity contribution < 1.29 is 19.1 Å². The van der Waals surface area contributed by atoms with Crippen molar-refractivity contribution in [2.45, 2.75) is 0 Å². The number of pyridine rings is 1. The van der Waals surface area contributed by atoms with Crippen LogP contribution in [0.15, 0.2) is 90.3 Å². The largest absolute Gasteiger partial charge is 0.497 e. The predicted octanol–water partition coefficient (Wildman–Crippen LogP) is 4.23. The fraction of sp³-hybridized carbons (Fsp3) is 0.0400. The van der Waals surface area contributed by atoms with Gasteiger partial charge in [0.2, 0.25) is 0 Å². The molecule has 1 aromatic heterocycles. The normalized spacial score (nSPS) is 10.8. The van der Waals surface area contributed by atoms with E-state index in [-0.39, 0.29) is 0 Å². The summed E-state index contributed by atoms with van der Waals surface area (Å²) in [6.07, 6.45) is 4.50. The molecule has 1 N–H and O–H groups in total. The maximum Gasteiger partial charge on any atom is 0.343 e. The number of fused-ring (bicyclic) bond motifs is 1. The molecular weight excluding hydrogens is 406 g/mol. The van der Waals surface area contributed by atoms with E-state index in [4.69, 9.17) is 9.47 Å². The Kier molecular flexibility index (Phi) is 6.17. The van der Waals surface area contributed by atoms with Crippen LogP contribution in [0.3, 0.4) is 0 Å². The third-order valence-electron chi connectivity index (χ3n) is 4.74. The lowest BCUT2D eigenvalue weighted by Gasteiger charge is -2.11. The van der Waals surface area contributed by atoms with Crippen molar-refractivity contribution in [2.24, 2.45) is 5.10 Å². The van der Waals surface area contributed by atoms with Gasteiger partial charge in [0.1, 0.15) is 11.5 Å². The Hall–Kier alpha value is -4.52. The number of nitrogens with zero attached hydrogens (tertiary/aromatic N) is 2. The van der Waals surface area contributed by atoms with Gasteiger partial charge in [-0.2, -0.15) is 5.10 Å². The first-order valence-corrected chi connectivity index (χ1v) is 9.77. The number of esters is 1. The minimum atomic E-state index is -0.517. The van der Waals surface area contributed by atoms with Crippen LogP contribution >= 0.6 is 0 Å². The summed E-state index contributed by atoms with van der Waals surface area (Å²) >= 11 is 0. The molecule has 0 spiro atoms. The third kappa shape index (κ3) is 4.62.